The van der Waals surface area contributed by atoms with Gasteiger partial charge in [-0.2, -0.15) is 0 Å². The van der Waals surface area contributed by atoms with Gasteiger partial charge >= 0.3 is 12.1 Å². The van der Waals surface area contributed by atoms with Crippen LogP contribution in [0, 0.1) is 0 Å². The number of methoxy groups -OCH3 is 1. The molecule has 0 saturated carbocycles. The molecular formula is C6H9NO4. The van der Waals surface area contributed by atoms with Crippen LogP contribution in [0.2, 0.25) is 0 Å². The van der Waals surface area contributed by atoms with Crippen molar-refractivity contribution in [1.82, 2.24) is 0 Å². The molecule has 0 bridgehead atoms. The van der Waals surface area contributed by atoms with Gasteiger partial charge in [-0.25, -0.2) is 9.59 Å². The zero-order valence-corrected chi connectivity index (χ0v) is 6.12. The van der Waals surface area contributed by atoms with E-state index < -0.39 is 12.1 Å². The second kappa shape index (κ2) is 4.32. The van der Waals surface area contributed by atoms with Crippen LogP contribution in [0.3, 0.4) is 0 Å². The van der Waals surface area contributed by atoms with Crippen molar-refractivity contribution in [1.29, 1.82) is 0 Å². The predicted molar refractivity (Wildman–Crippen MR) is 36.7 cm³/mol. The molecule has 0 aromatic carbocycles. The zero-order valence-electron chi connectivity index (χ0n) is 6.12. The maximum atomic E-state index is 10.6. The van der Waals surface area contributed by atoms with Crippen molar-refractivity contribution in [3.8, 4) is 0 Å². The normalized spacial score (nSPS) is 8.45. The van der Waals surface area contributed by atoms with Gasteiger partial charge in [-0.05, 0) is 0 Å². The summed E-state index contributed by atoms with van der Waals surface area (Å²) in [6.07, 6.45) is -0.949. The molecule has 0 aliphatic rings. The number of amides is 1. The van der Waals surface area contributed by atoms with Crippen molar-refractivity contribution in [2.75, 3.05) is 13.7 Å². The lowest BCUT2D eigenvalue weighted by Gasteiger charge is -2.01. The monoisotopic (exact) mass is 159 g/mol. The Kier molecular flexibility index (Phi) is 3.72. The molecule has 0 aliphatic carbocycles. The number of rotatable bonds is 3. The molecule has 11 heavy (non-hydrogen) atoms. The van der Waals surface area contributed by atoms with E-state index in [1.54, 1.807) is 0 Å². The third-order valence-corrected chi connectivity index (χ3v) is 0.863. The lowest BCUT2D eigenvalue weighted by atomic mass is 10.3. The van der Waals surface area contributed by atoms with Crippen LogP contribution in [0.15, 0.2) is 12.2 Å². The number of carbonyl (C=O) groups excluding carboxylic acids is 2. The lowest BCUT2D eigenvalue weighted by molar-refractivity contribution is -0.136. The number of hydrogen-bond acceptors (Lipinski definition) is 4. The minimum Gasteiger partial charge on any atom is -0.466 e. The first-order valence-electron chi connectivity index (χ1n) is 2.76. The molecule has 5 heteroatoms. The quantitative estimate of drug-likeness (QED) is 0.457. The Morgan fingerprint density at radius 2 is 2.09 bits per heavy atom. The minimum atomic E-state index is -0.949. The Labute approximate surface area is 63.8 Å². The van der Waals surface area contributed by atoms with E-state index in [0.717, 1.165) is 0 Å². The van der Waals surface area contributed by atoms with Gasteiger partial charge < -0.3 is 15.2 Å². The number of carbonyl (C=O) groups is 2. The van der Waals surface area contributed by atoms with Gasteiger partial charge in [0.15, 0.2) is 0 Å². The lowest BCUT2D eigenvalue weighted by Crippen LogP contribution is -2.17. The van der Waals surface area contributed by atoms with Gasteiger partial charge in [-0.1, -0.05) is 6.58 Å². The number of nitrogens with two attached hydrogens (primary N) is 1. The SMILES string of the molecule is C=C(COC(N)=O)C(=O)OC. The summed E-state index contributed by atoms with van der Waals surface area (Å²) < 4.78 is 8.54. The van der Waals surface area contributed by atoms with Crippen LogP contribution < -0.4 is 5.73 Å². The zero-order chi connectivity index (χ0) is 8.85. The first-order valence-corrected chi connectivity index (χ1v) is 2.76. The third-order valence-electron chi connectivity index (χ3n) is 0.863. The molecule has 0 radical (unpaired) electrons. The first kappa shape index (κ1) is 9.48. The highest BCUT2D eigenvalue weighted by Crippen LogP contribution is 1.93. The van der Waals surface area contributed by atoms with Crippen molar-refractivity contribution in [3.05, 3.63) is 12.2 Å². The molecule has 0 atom stereocenters. The van der Waals surface area contributed by atoms with E-state index >= 15 is 0 Å². The molecule has 62 valence electrons. The topological polar surface area (TPSA) is 78.6 Å². The van der Waals surface area contributed by atoms with Gasteiger partial charge in [-0.15, -0.1) is 0 Å². The van der Waals surface area contributed by atoms with E-state index in [0.29, 0.717) is 0 Å². The van der Waals surface area contributed by atoms with Crippen molar-refractivity contribution in [2.45, 2.75) is 0 Å². The van der Waals surface area contributed by atoms with Gasteiger partial charge in [0, 0.05) is 0 Å². The molecule has 2 N–H and O–H groups in total. The number of hydrogen-bond donors (Lipinski definition) is 1. The average Bonchev–Trinajstić information content (AvgIpc) is 1.98. The molecule has 0 saturated heterocycles. The van der Waals surface area contributed by atoms with Crippen molar-refractivity contribution >= 4 is 12.1 Å². The van der Waals surface area contributed by atoms with Crippen molar-refractivity contribution in [2.24, 2.45) is 5.73 Å². The van der Waals surface area contributed by atoms with Gasteiger partial charge in [0.1, 0.15) is 6.61 Å². The molecule has 0 rings (SSSR count). The fraction of sp³-hybridized carbons (Fsp3) is 0.333. The third kappa shape index (κ3) is 3.96. The summed E-state index contributed by atoms with van der Waals surface area (Å²) in [4.78, 5) is 20.6. The highest BCUT2D eigenvalue weighted by molar-refractivity contribution is 5.88. The Morgan fingerprint density at radius 3 is 2.45 bits per heavy atom. The van der Waals surface area contributed by atoms with Crippen LogP contribution in [0.1, 0.15) is 0 Å². The first-order chi connectivity index (χ1) is 5.07. The molecule has 0 aromatic rings. The van der Waals surface area contributed by atoms with Crippen LogP contribution in [0.4, 0.5) is 4.79 Å². The molecule has 0 heterocycles. The van der Waals surface area contributed by atoms with Crippen LogP contribution in [0.25, 0.3) is 0 Å². The number of ether oxygens (including phenoxy) is 2. The van der Waals surface area contributed by atoms with Crippen LogP contribution in [0.5, 0.6) is 0 Å². The maximum Gasteiger partial charge on any atom is 0.404 e. The molecule has 1 amide bonds. The summed E-state index contributed by atoms with van der Waals surface area (Å²) in [6, 6.07) is 0. The predicted octanol–water partition coefficient (Wildman–Crippen LogP) is -0.189. The Hall–Kier alpha value is -1.52. The van der Waals surface area contributed by atoms with Crippen LogP contribution in [-0.2, 0) is 14.3 Å². The average molecular weight is 159 g/mol. The highest BCUT2D eigenvalue weighted by atomic mass is 16.6. The molecule has 0 aromatic heterocycles. The smallest absolute Gasteiger partial charge is 0.404 e. The van der Waals surface area contributed by atoms with Gasteiger partial charge in [-0.3, -0.25) is 0 Å². The van der Waals surface area contributed by atoms with E-state index in [2.05, 4.69) is 21.8 Å². The Morgan fingerprint density at radius 1 is 1.55 bits per heavy atom. The van der Waals surface area contributed by atoms with E-state index in [1.807, 2.05) is 0 Å². The molecule has 5 nitrogen and oxygen atoms in total. The molecular weight excluding hydrogens is 150 g/mol. The van der Waals surface area contributed by atoms with Crippen LogP contribution >= 0.6 is 0 Å². The summed E-state index contributed by atoms with van der Waals surface area (Å²) in [7, 11) is 1.21. The number of esters is 1. The summed E-state index contributed by atoms with van der Waals surface area (Å²) in [6.45, 7) is 3.06. The molecule has 0 fully saturated rings. The number of primary amides is 1. The molecule has 0 aliphatic heterocycles. The van der Waals surface area contributed by atoms with Crippen molar-refractivity contribution < 1.29 is 19.1 Å². The standard InChI is InChI=1S/C6H9NO4/c1-4(5(8)10-2)3-11-6(7)9/h1,3H2,2H3,(H2,7,9). The highest BCUT2D eigenvalue weighted by Gasteiger charge is 2.07. The van der Waals surface area contributed by atoms with Gasteiger partial charge in [0.2, 0.25) is 0 Å². The maximum absolute atomic E-state index is 10.6. The van der Waals surface area contributed by atoms with Crippen molar-refractivity contribution in [3.63, 3.8) is 0 Å². The molecule has 0 unspecified atom stereocenters. The minimum absolute atomic E-state index is 0.0475. The Bertz CT molecular complexity index is 187. The largest absolute Gasteiger partial charge is 0.466 e. The van der Waals surface area contributed by atoms with Gasteiger partial charge in [0.25, 0.3) is 0 Å². The second-order valence-electron chi connectivity index (χ2n) is 1.70. The van der Waals surface area contributed by atoms with E-state index in [4.69, 9.17) is 0 Å². The summed E-state index contributed by atoms with van der Waals surface area (Å²) >= 11 is 0. The second-order valence-corrected chi connectivity index (χ2v) is 1.70. The van der Waals surface area contributed by atoms with Crippen LogP contribution in [-0.4, -0.2) is 25.8 Å². The van der Waals surface area contributed by atoms with E-state index in [9.17, 15) is 9.59 Å². The van der Waals surface area contributed by atoms with E-state index in [1.165, 1.54) is 7.11 Å². The Balaban J connectivity index is 3.70. The fourth-order valence-electron chi connectivity index (χ4n) is 0.362. The van der Waals surface area contributed by atoms with Gasteiger partial charge in [0.05, 0.1) is 12.7 Å². The fourth-order valence-corrected chi connectivity index (χ4v) is 0.362. The summed E-state index contributed by atoms with van der Waals surface area (Å²) in [5.74, 6) is -0.619. The molecule has 0 spiro atoms. The van der Waals surface area contributed by atoms with E-state index in [-0.39, 0.29) is 12.2 Å². The summed E-state index contributed by atoms with van der Waals surface area (Å²) in [5.41, 5.74) is 4.68. The summed E-state index contributed by atoms with van der Waals surface area (Å²) in [5, 5.41) is 0.